The highest BCUT2D eigenvalue weighted by molar-refractivity contribution is 7.92. The summed E-state index contributed by atoms with van der Waals surface area (Å²) in [6.45, 7) is 4.58. The number of ether oxygens (including phenoxy) is 1. The maximum absolute atomic E-state index is 12.5. The first-order valence-electron chi connectivity index (χ1n) is 8.44. The van der Waals surface area contributed by atoms with Gasteiger partial charge in [0.25, 0.3) is 0 Å². The molecular formula is C17H26ClF2N3O3S. The molecule has 0 fully saturated rings. The van der Waals surface area contributed by atoms with E-state index in [2.05, 4.69) is 20.4 Å². The zero-order valence-electron chi connectivity index (χ0n) is 15.9. The molecule has 0 aliphatic rings. The molecule has 6 nitrogen and oxygen atoms in total. The summed E-state index contributed by atoms with van der Waals surface area (Å²) in [6, 6.07) is 4.30. The van der Waals surface area contributed by atoms with Crippen LogP contribution in [0.5, 0.6) is 5.75 Å². The predicted octanol–water partition coefficient (Wildman–Crippen LogP) is 3.21. The first-order valence-corrected chi connectivity index (χ1v) is 10.5. The van der Waals surface area contributed by atoms with E-state index in [1.165, 1.54) is 18.2 Å². The minimum atomic E-state index is -3.27. The average molecular weight is 426 g/mol. The molecule has 0 aliphatic heterocycles. The van der Waals surface area contributed by atoms with Crippen molar-refractivity contribution in [2.75, 3.05) is 18.8 Å². The third kappa shape index (κ3) is 7.88. The van der Waals surface area contributed by atoms with Gasteiger partial charge in [0.05, 0.1) is 17.0 Å². The van der Waals surface area contributed by atoms with Crippen LogP contribution in [0.2, 0.25) is 5.02 Å². The summed E-state index contributed by atoms with van der Waals surface area (Å²) in [4.78, 5) is 4.29. The normalized spacial score (nSPS) is 13.0. The van der Waals surface area contributed by atoms with Gasteiger partial charge >= 0.3 is 6.61 Å². The molecule has 0 bridgehead atoms. The summed E-state index contributed by atoms with van der Waals surface area (Å²) >= 11 is 5.92. The number of alkyl halides is 2. The van der Waals surface area contributed by atoms with Crippen LogP contribution >= 0.6 is 11.6 Å². The maximum atomic E-state index is 12.5. The molecule has 10 heteroatoms. The summed E-state index contributed by atoms with van der Waals surface area (Å²) in [5, 5.41) is 6.28. The molecular weight excluding hydrogens is 400 g/mol. The number of benzene rings is 1. The van der Waals surface area contributed by atoms with Crippen LogP contribution in [0, 0.1) is 0 Å². The molecule has 1 aromatic carbocycles. The maximum Gasteiger partial charge on any atom is 0.387 e. The number of guanidine groups is 1. The lowest BCUT2D eigenvalue weighted by molar-refractivity contribution is -0.0504. The Kier molecular flexibility index (Phi) is 8.74. The van der Waals surface area contributed by atoms with Crippen LogP contribution in [0.25, 0.3) is 0 Å². The van der Waals surface area contributed by atoms with Gasteiger partial charge in [-0.15, -0.1) is 0 Å². The van der Waals surface area contributed by atoms with Crippen LogP contribution in [-0.2, 0) is 16.4 Å². The summed E-state index contributed by atoms with van der Waals surface area (Å²) in [7, 11) is -3.27. The molecule has 0 amide bonds. The van der Waals surface area contributed by atoms with Gasteiger partial charge in [-0.05, 0) is 45.9 Å². The Morgan fingerprint density at radius 3 is 2.52 bits per heavy atom. The van der Waals surface area contributed by atoms with Gasteiger partial charge in [0, 0.05) is 23.7 Å². The summed E-state index contributed by atoms with van der Waals surface area (Å²) in [5.74, 6) is 0.298. The highest BCUT2D eigenvalue weighted by Crippen LogP contribution is 2.25. The van der Waals surface area contributed by atoms with E-state index in [0.29, 0.717) is 23.1 Å². The number of aliphatic imine (C=N–C) groups is 1. The third-order valence-electron chi connectivity index (χ3n) is 3.59. The van der Waals surface area contributed by atoms with Crippen LogP contribution in [0.3, 0.4) is 0 Å². The fraction of sp³-hybridized carbons (Fsp3) is 0.588. The molecule has 1 aromatic rings. The van der Waals surface area contributed by atoms with Gasteiger partial charge in [0.1, 0.15) is 5.75 Å². The van der Waals surface area contributed by atoms with Gasteiger partial charge in [-0.3, -0.25) is 0 Å². The molecule has 154 valence electrons. The molecule has 1 rings (SSSR count). The highest BCUT2D eigenvalue weighted by Gasteiger charge is 2.28. The van der Waals surface area contributed by atoms with Crippen molar-refractivity contribution in [3.8, 4) is 5.75 Å². The largest absolute Gasteiger partial charge is 0.434 e. The van der Waals surface area contributed by atoms with E-state index in [-0.39, 0.29) is 24.6 Å². The molecule has 27 heavy (non-hydrogen) atoms. The molecule has 0 unspecified atom stereocenters. The van der Waals surface area contributed by atoms with E-state index in [9.17, 15) is 17.2 Å². The number of halogens is 3. The number of hydrogen-bond acceptors (Lipinski definition) is 4. The summed E-state index contributed by atoms with van der Waals surface area (Å²) in [6.07, 6.45) is 0. The fourth-order valence-electron chi connectivity index (χ4n) is 2.00. The minimum absolute atomic E-state index is 0.00990. The summed E-state index contributed by atoms with van der Waals surface area (Å²) in [5.41, 5.74) is 0.391. The fourth-order valence-corrected chi connectivity index (χ4v) is 3.18. The Morgan fingerprint density at radius 1 is 1.30 bits per heavy atom. The second kappa shape index (κ2) is 10.1. The van der Waals surface area contributed by atoms with E-state index in [1.807, 2.05) is 6.92 Å². The molecule has 2 N–H and O–H groups in total. The van der Waals surface area contributed by atoms with Crippen molar-refractivity contribution in [2.24, 2.45) is 4.99 Å². The van der Waals surface area contributed by atoms with Crippen molar-refractivity contribution in [3.05, 3.63) is 28.8 Å². The van der Waals surface area contributed by atoms with Gasteiger partial charge in [-0.25, -0.2) is 13.4 Å². The Bertz CT molecular complexity index is 750. The lowest BCUT2D eigenvalue weighted by Crippen LogP contribution is -2.41. The molecule has 0 radical (unpaired) electrons. The monoisotopic (exact) mass is 425 g/mol. The van der Waals surface area contributed by atoms with Gasteiger partial charge in [0.2, 0.25) is 0 Å². The Hall–Kier alpha value is -1.61. The Morgan fingerprint density at radius 2 is 1.96 bits per heavy atom. The standard InChI is InChI=1S/C17H26ClF2N3O3S/c1-5-21-16(22-8-9-27(24,25)17(2,3)4)23-11-12-10-13(18)6-7-14(12)26-15(19)20/h6-7,10,15H,5,8-9,11H2,1-4H3,(H2,21,22,23). The zero-order valence-corrected chi connectivity index (χ0v) is 17.4. The van der Waals surface area contributed by atoms with Crippen molar-refractivity contribution in [2.45, 2.75) is 45.6 Å². The topological polar surface area (TPSA) is 79.8 Å². The number of sulfone groups is 1. The van der Waals surface area contributed by atoms with Crippen molar-refractivity contribution < 1.29 is 21.9 Å². The highest BCUT2D eigenvalue weighted by atomic mass is 35.5. The number of nitrogens with zero attached hydrogens (tertiary/aromatic N) is 1. The SMILES string of the molecule is CCNC(=NCc1cc(Cl)ccc1OC(F)F)NCCS(=O)(=O)C(C)(C)C. The van der Waals surface area contributed by atoms with Crippen LogP contribution in [0.15, 0.2) is 23.2 Å². The molecule has 0 aromatic heterocycles. The molecule has 0 atom stereocenters. The molecule has 0 spiro atoms. The van der Waals surface area contributed by atoms with Crippen molar-refractivity contribution in [3.63, 3.8) is 0 Å². The molecule has 0 heterocycles. The second-order valence-electron chi connectivity index (χ2n) is 6.68. The van der Waals surface area contributed by atoms with Crippen molar-refractivity contribution in [1.29, 1.82) is 0 Å². The molecule has 0 aliphatic carbocycles. The quantitative estimate of drug-likeness (QED) is 0.494. The van der Waals surface area contributed by atoms with Crippen LogP contribution in [-0.4, -0.2) is 44.6 Å². The Balaban J connectivity index is 2.84. The van der Waals surface area contributed by atoms with Crippen molar-refractivity contribution in [1.82, 2.24) is 10.6 Å². The predicted molar refractivity (Wildman–Crippen MR) is 104 cm³/mol. The van der Waals surface area contributed by atoms with Gasteiger partial charge in [-0.2, -0.15) is 8.78 Å². The number of hydrogen-bond donors (Lipinski definition) is 2. The zero-order chi connectivity index (χ0) is 20.7. The van der Waals surface area contributed by atoms with E-state index in [0.717, 1.165) is 0 Å². The van der Waals surface area contributed by atoms with Gasteiger partial charge in [0.15, 0.2) is 15.8 Å². The smallest absolute Gasteiger partial charge is 0.387 e. The first-order chi connectivity index (χ1) is 12.5. The minimum Gasteiger partial charge on any atom is -0.434 e. The first kappa shape index (κ1) is 23.4. The second-order valence-corrected chi connectivity index (χ2v) is 9.98. The van der Waals surface area contributed by atoms with Crippen molar-refractivity contribution >= 4 is 27.4 Å². The lowest BCUT2D eigenvalue weighted by Gasteiger charge is -2.20. The average Bonchev–Trinajstić information content (AvgIpc) is 2.53. The number of nitrogens with one attached hydrogen (secondary N) is 2. The third-order valence-corrected chi connectivity index (χ3v) is 6.43. The number of rotatable bonds is 8. The van der Waals surface area contributed by atoms with E-state index in [4.69, 9.17) is 11.6 Å². The molecule has 0 saturated carbocycles. The Labute approximate surface area is 164 Å². The van der Waals surface area contributed by atoms with Gasteiger partial charge < -0.3 is 15.4 Å². The van der Waals surface area contributed by atoms with E-state index < -0.39 is 21.2 Å². The van der Waals surface area contributed by atoms with Gasteiger partial charge in [-0.1, -0.05) is 11.6 Å². The van der Waals surface area contributed by atoms with Crippen LogP contribution < -0.4 is 15.4 Å². The van der Waals surface area contributed by atoms with E-state index >= 15 is 0 Å². The lowest BCUT2D eigenvalue weighted by atomic mass is 10.2. The molecule has 0 saturated heterocycles. The van der Waals surface area contributed by atoms with E-state index in [1.54, 1.807) is 20.8 Å². The summed E-state index contributed by atoms with van der Waals surface area (Å²) < 4.78 is 53.0. The van der Waals surface area contributed by atoms with Crippen LogP contribution in [0.4, 0.5) is 8.78 Å². The van der Waals surface area contributed by atoms with Crippen LogP contribution in [0.1, 0.15) is 33.3 Å².